The van der Waals surface area contributed by atoms with Gasteiger partial charge in [0.15, 0.2) is 5.96 Å². The topological polar surface area (TPSA) is 73.5 Å². The number of halogens is 1. The van der Waals surface area contributed by atoms with Crippen LogP contribution in [0.15, 0.2) is 52.1 Å². The van der Waals surface area contributed by atoms with Crippen molar-refractivity contribution in [3.05, 3.63) is 48.4 Å². The second kappa shape index (κ2) is 11.8. The molecule has 7 nitrogen and oxygen atoms in total. The number of guanidine groups is 1. The minimum atomic E-state index is 0. The molecule has 1 fully saturated rings. The summed E-state index contributed by atoms with van der Waals surface area (Å²) in [5.41, 5.74) is 0.897. The lowest BCUT2D eigenvalue weighted by atomic mass is 10.2. The molecule has 0 spiro atoms. The van der Waals surface area contributed by atoms with E-state index in [-0.39, 0.29) is 24.0 Å². The minimum absolute atomic E-state index is 0. The van der Waals surface area contributed by atoms with E-state index in [2.05, 4.69) is 20.1 Å². The Morgan fingerprint density at radius 1 is 1.18 bits per heavy atom. The molecule has 2 heterocycles. The van der Waals surface area contributed by atoms with Crippen LogP contribution < -0.4 is 10.2 Å². The van der Waals surface area contributed by atoms with E-state index in [9.17, 15) is 5.11 Å². The van der Waals surface area contributed by atoms with Crippen LogP contribution in [0.2, 0.25) is 0 Å². The summed E-state index contributed by atoms with van der Waals surface area (Å²) in [5.74, 6) is 2.10. The molecule has 1 aliphatic heterocycles. The summed E-state index contributed by atoms with van der Waals surface area (Å²) in [6.45, 7) is 5.42. The summed E-state index contributed by atoms with van der Waals surface area (Å²) in [6, 6.07) is 11.3. The lowest BCUT2D eigenvalue weighted by molar-refractivity contribution is 0.104. The van der Waals surface area contributed by atoms with E-state index in [1.807, 2.05) is 37.4 Å². The minimum Gasteiger partial charge on any atom is -0.506 e. The van der Waals surface area contributed by atoms with E-state index in [4.69, 9.17) is 9.15 Å². The van der Waals surface area contributed by atoms with E-state index < -0.39 is 0 Å². The molecule has 0 bridgehead atoms. The number of anilines is 1. The lowest BCUT2D eigenvalue weighted by Gasteiger charge is -2.37. The number of phenolic OH excluding ortho intramolecular Hbond substituents is 1. The van der Waals surface area contributed by atoms with Crippen LogP contribution in [0.4, 0.5) is 5.69 Å². The number of piperazine rings is 1. The maximum Gasteiger partial charge on any atom is 0.193 e. The van der Waals surface area contributed by atoms with Crippen molar-refractivity contribution < 1.29 is 14.3 Å². The fourth-order valence-electron chi connectivity index (χ4n) is 3.16. The predicted octanol–water partition coefficient (Wildman–Crippen LogP) is 2.91. The molecule has 0 saturated carbocycles. The van der Waals surface area contributed by atoms with Crippen molar-refractivity contribution in [2.24, 2.45) is 4.99 Å². The Bertz CT molecular complexity index is 716. The summed E-state index contributed by atoms with van der Waals surface area (Å²) >= 11 is 0. The summed E-state index contributed by atoms with van der Waals surface area (Å²) in [6.07, 6.45) is 2.56. The van der Waals surface area contributed by atoms with E-state index >= 15 is 0 Å². The smallest absolute Gasteiger partial charge is 0.193 e. The number of rotatable bonds is 7. The summed E-state index contributed by atoms with van der Waals surface area (Å²) in [4.78, 5) is 8.85. The van der Waals surface area contributed by atoms with Crippen LogP contribution >= 0.6 is 24.0 Å². The van der Waals surface area contributed by atoms with Gasteiger partial charge in [-0.2, -0.15) is 0 Å². The number of ether oxygens (including phenoxy) is 1. The van der Waals surface area contributed by atoms with Crippen LogP contribution in [0.1, 0.15) is 12.2 Å². The number of furan rings is 1. The highest BCUT2D eigenvalue weighted by Gasteiger charge is 2.21. The number of aromatic hydroxyl groups is 1. The normalized spacial score (nSPS) is 14.7. The Hall–Kier alpha value is -1.94. The lowest BCUT2D eigenvalue weighted by Crippen LogP contribution is -2.52. The molecule has 1 saturated heterocycles. The zero-order valence-electron chi connectivity index (χ0n) is 16.2. The SMILES string of the molecule is CN=C(NCCCOCc1ccco1)N1CCN(c2ccccc2O)CC1.I. The molecule has 1 aliphatic rings. The number of nitrogens with zero attached hydrogens (tertiary/aromatic N) is 3. The van der Waals surface area contributed by atoms with Gasteiger partial charge in [-0.1, -0.05) is 12.1 Å². The standard InChI is InChI=1S/C20H28N4O3.HI/c1-21-20(22-9-5-14-26-16-17-6-4-15-27-17)24-12-10-23(11-13-24)18-7-2-3-8-19(18)25;/h2-4,6-8,15,25H,5,9-14,16H2,1H3,(H,21,22);1H. The maximum absolute atomic E-state index is 10.0. The molecule has 0 atom stereocenters. The number of benzene rings is 1. The van der Waals surface area contributed by atoms with Crippen LogP contribution in [0.25, 0.3) is 0 Å². The summed E-state index contributed by atoms with van der Waals surface area (Å²) in [5, 5.41) is 13.4. The van der Waals surface area contributed by atoms with Crippen LogP contribution in [0.3, 0.4) is 0 Å². The highest BCUT2D eigenvalue weighted by molar-refractivity contribution is 14.0. The zero-order valence-corrected chi connectivity index (χ0v) is 18.5. The van der Waals surface area contributed by atoms with Gasteiger partial charge >= 0.3 is 0 Å². The average molecular weight is 500 g/mol. The molecular formula is C20H29IN4O3. The molecule has 1 aromatic carbocycles. The number of para-hydroxylation sites is 2. The van der Waals surface area contributed by atoms with Crippen LogP contribution in [0.5, 0.6) is 5.75 Å². The molecule has 0 unspecified atom stereocenters. The van der Waals surface area contributed by atoms with E-state index in [1.165, 1.54) is 0 Å². The fraction of sp³-hybridized carbons (Fsp3) is 0.450. The number of aliphatic imine (C=N–C) groups is 1. The van der Waals surface area contributed by atoms with Crippen molar-refractivity contribution in [1.29, 1.82) is 0 Å². The first kappa shape index (κ1) is 22.4. The van der Waals surface area contributed by atoms with Crippen molar-refractivity contribution in [2.45, 2.75) is 13.0 Å². The molecule has 0 amide bonds. The molecular weight excluding hydrogens is 471 g/mol. The third-order valence-corrected chi connectivity index (χ3v) is 4.59. The maximum atomic E-state index is 10.0. The molecule has 28 heavy (non-hydrogen) atoms. The zero-order chi connectivity index (χ0) is 18.9. The van der Waals surface area contributed by atoms with Crippen molar-refractivity contribution in [1.82, 2.24) is 10.2 Å². The predicted molar refractivity (Wildman–Crippen MR) is 122 cm³/mol. The van der Waals surface area contributed by atoms with Crippen molar-refractivity contribution in [2.75, 3.05) is 51.3 Å². The van der Waals surface area contributed by atoms with Gasteiger partial charge in [0.2, 0.25) is 0 Å². The van der Waals surface area contributed by atoms with Gasteiger partial charge in [-0.3, -0.25) is 4.99 Å². The van der Waals surface area contributed by atoms with E-state index in [0.29, 0.717) is 19.0 Å². The average Bonchev–Trinajstić information content (AvgIpc) is 3.22. The van der Waals surface area contributed by atoms with Crippen molar-refractivity contribution in [3.8, 4) is 5.75 Å². The van der Waals surface area contributed by atoms with Gasteiger partial charge in [0.25, 0.3) is 0 Å². The molecule has 2 aromatic rings. The Morgan fingerprint density at radius 2 is 1.96 bits per heavy atom. The largest absolute Gasteiger partial charge is 0.506 e. The first-order valence-corrected chi connectivity index (χ1v) is 9.36. The van der Waals surface area contributed by atoms with Crippen molar-refractivity contribution in [3.63, 3.8) is 0 Å². The number of phenols is 1. The van der Waals surface area contributed by atoms with Gasteiger partial charge in [-0.25, -0.2) is 0 Å². The number of nitrogens with one attached hydrogen (secondary N) is 1. The van der Waals surface area contributed by atoms with Gasteiger partial charge < -0.3 is 29.4 Å². The second-order valence-corrected chi connectivity index (χ2v) is 6.42. The second-order valence-electron chi connectivity index (χ2n) is 6.42. The van der Waals surface area contributed by atoms with Crippen LogP contribution in [0, 0.1) is 0 Å². The Labute approximate surface area is 183 Å². The molecule has 0 aliphatic carbocycles. The fourth-order valence-corrected chi connectivity index (χ4v) is 3.16. The quantitative estimate of drug-likeness (QED) is 0.264. The third-order valence-electron chi connectivity index (χ3n) is 4.59. The Morgan fingerprint density at radius 3 is 2.64 bits per heavy atom. The number of hydrogen-bond donors (Lipinski definition) is 2. The van der Waals surface area contributed by atoms with E-state index in [0.717, 1.165) is 56.6 Å². The molecule has 0 radical (unpaired) electrons. The number of hydrogen-bond acceptors (Lipinski definition) is 5. The molecule has 1 aromatic heterocycles. The first-order valence-electron chi connectivity index (χ1n) is 9.36. The van der Waals surface area contributed by atoms with Gasteiger partial charge in [-0.15, -0.1) is 24.0 Å². The summed E-state index contributed by atoms with van der Waals surface area (Å²) in [7, 11) is 1.81. The van der Waals surface area contributed by atoms with Gasteiger partial charge in [0.1, 0.15) is 18.1 Å². The molecule has 3 rings (SSSR count). The van der Waals surface area contributed by atoms with Gasteiger partial charge in [0.05, 0.1) is 12.0 Å². The molecule has 154 valence electrons. The molecule has 2 N–H and O–H groups in total. The monoisotopic (exact) mass is 500 g/mol. The molecule has 8 heteroatoms. The summed E-state index contributed by atoms with van der Waals surface area (Å²) < 4.78 is 10.8. The van der Waals surface area contributed by atoms with Gasteiger partial charge in [0, 0.05) is 46.4 Å². The van der Waals surface area contributed by atoms with Crippen LogP contribution in [-0.2, 0) is 11.3 Å². The Kier molecular flexibility index (Phi) is 9.42. The first-order chi connectivity index (χ1) is 13.3. The van der Waals surface area contributed by atoms with Gasteiger partial charge in [-0.05, 0) is 30.7 Å². The van der Waals surface area contributed by atoms with E-state index in [1.54, 1.807) is 12.3 Å². The Balaban J connectivity index is 0.00000280. The highest BCUT2D eigenvalue weighted by Crippen LogP contribution is 2.27. The van der Waals surface area contributed by atoms with Crippen LogP contribution in [-0.4, -0.2) is 62.3 Å². The van der Waals surface area contributed by atoms with Crippen molar-refractivity contribution >= 4 is 35.6 Å². The highest BCUT2D eigenvalue weighted by atomic mass is 127. The third kappa shape index (κ3) is 6.30.